The molecule has 0 radical (unpaired) electrons. The summed E-state index contributed by atoms with van der Waals surface area (Å²) in [7, 11) is 1.45. The molecule has 1 aliphatic rings. The predicted molar refractivity (Wildman–Crippen MR) is 64.1 cm³/mol. The van der Waals surface area contributed by atoms with Gasteiger partial charge in [0.2, 0.25) is 0 Å². The lowest BCUT2D eigenvalue weighted by Gasteiger charge is -2.32. The van der Waals surface area contributed by atoms with E-state index in [9.17, 15) is 4.79 Å². The molecule has 1 rings (SSSR count). The maximum atomic E-state index is 11.5. The van der Waals surface area contributed by atoms with Crippen molar-refractivity contribution in [2.75, 3.05) is 26.7 Å². The minimum Gasteiger partial charge on any atom is -0.469 e. The molecule has 2 N–H and O–H groups in total. The molecule has 1 saturated heterocycles. The lowest BCUT2D eigenvalue weighted by molar-refractivity contribution is -0.151. The maximum Gasteiger partial charge on any atom is 0.311 e. The zero-order valence-corrected chi connectivity index (χ0v) is 10.7. The molecular weight excluding hydrogens is 204 g/mol. The second-order valence-electron chi connectivity index (χ2n) is 5.33. The highest BCUT2D eigenvalue weighted by Crippen LogP contribution is 2.23. The first-order valence-corrected chi connectivity index (χ1v) is 6.02. The fraction of sp³-hybridized carbons (Fsp3) is 0.917. The van der Waals surface area contributed by atoms with E-state index in [4.69, 9.17) is 10.5 Å². The summed E-state index contributed by atoms with van der Waals surface area (Å²) in [4.78, 5) is 13.9. The number of carbonyl (C=O) groups is 1. The summed E-state index contributed by atoms with van der Waals surface area (Å²) < 4.78 is 4.79. The Balaban J connectivity index is 2.35. The monoisotopic (exact) mass is 228 g/mol. The number of nitrogens with zero attached hydrogens (tertiary/aromatic N) is 1. The van der Waals surface area contributed by atoms with Crippen molar-refractivity contribution < 1.29 is 9.53 Å². The first-order valence-electron chi connectivity index (χ1n) is 6.02. The molecule has 4 heteroatoms. The van der Waals surface area contributed by atoms with Gasteiger partial charge in [0.05, 0.1) is 12.5 Å². The van der Waals surface area contributed by atoms with Crippen LogP contribution in [0.25, 0.3) is 0 Å². The van der Waals surface area contributed by atoms with Crippen LogP contribution in [0.4, 0.5) is 0 Å². The SMILES string of the molecule is COC(=O)C(C)(C)CCN1CCC[C@@H](N)C1. The van der Waals surface area contributed by atoms with Crippen molar-refractivity contribution in [3.05, 3.63) is 0 Å². The van der Waals surface area contributed by atoms with Crippen molar-refractivity contribution in [2.24, 2.45) is 11.1 Å². The average molecular weight is 228 g/mol. The van der Waals surface area contributed by atoms with Crippen LogP contribution in [0, 0.1) is 5.41 Å². The average Bonchev–Trinajstić information content (AvgIpc) is 2.25. The van der Waals surface area contributed by atoms with Crippen molar-refractivity contribution in [1.82, 2.24) is 4.90 Å². The second kappa shape index (κ2) is 5.64. The van der Waals surface area contributed by atoms with E-state index in [0.29, 0.717) is 6.04 Å². The van der Waals surface area contributed by atoms with Crippen LogP contribution in [0.1, 0.15) is 33.1 Å². The zero-order valence-electron chi connectivity index (χ0n) is 10.7. The normalized spacial score (nSPS) is 23.1. The van der Waals surface area contributed by atoms with Gasteiger partial charge < -0.3 is 15.4 Å². The van der Waals surface area contributed by atoms with Crippen LogP contribution in [-0.2, 0) is 9.53 Å². The van der Waals surface area contributed by atoms with Gasteiger partial charge in [0.1, 0.15) is 0 Å². The highest BCUT2D eigenvalue weighted by atomic mass is 16.5. The summed E-state index contributed by atoms with van der Waals surface area (Å²) in [6.45, 7) is 6.85. The highest BCUT2D eigenvalue weighted by Gasteiger charge is 2.29. The van der Waals surface area contributed by atoms with Crippen molar-refractivity contribution >= 4 is 5.97 Å². The quantitative estimate of drug-likeness (QED) is 0.729. The van der Waals surface area contributed by atoms with Gasteiger partial charge in [-0.25, -0.2) is 0 Å². The van der Waals surface area contributed by atoms with Crippen LogP contribution >= 0.6 is 0 Å². The number of hydrogen-bond acceptors (Lipinski definition) is 4. The molecule has 16 heavy (non-hydrogen) atoms. The highest BCUT2D eigenvalue weighted by molar-refractivity contribution is 5.75. The van der Waals surface area contributed by atoms with E-state index in [2.05, 4.69) is 4.90 Å². The van der Waals surface area contributed by atoms with E-state index >= 15 is 0 Å². The maximum absolute atomic E-state index is 11.5. The standard InChI is InChI=1S/C12H24N2O2/c1-12(2,11(15)16-3)6-8-14-7-4-5-10(13)9-14/h10H,4-9,13H2,1-3H3/t10-/m1/s1. The Bertz CT molecular complexity index is 241. The Morgan fingerprint density at radius 1 is 1.56 bits per heavy atom. The first-order chi connectivity index (χ1) is 7.45. The molecule has 0 unspecified atom stereocenters. The number of piperidine rings is 1. The molecule has 0 aromatic rings. The molecule has 1 atom stereocenters. The van der Waals surface area contributed by atoms with Crippen molar-refractivity contribution in [3.63, 3.8) is 0 Å². The second-order valence-corrected chi connectivity index (χ2v) is 5.33. The van der Waals surface area contributed by atoms with E-state index in [0.717, 1.165) is 32.5 Å². The number of ether oxygens (including phenoxy) is 1. The van der Waals surface area contributed by atoms with Gasteiger partial charge in [-0.2, -0.15) is 0 Å². The Kier molecular flexibility index (Phi) is 4.74. The van der Waals surface area contributed by atoms with Crippen LogP contribution < -0.4 is 5.73 Å². The number of esters is 1. The molecule has 0 spiro atoms. The molecule has 0 saturated carbocycles. The van der Waals surface area contributed by atoms with Crippen LogP contribution in [-0.4, -0.2) is 43.7 Å². The van der Waals surface area contributed by atoms with Gasteiger partial charge in [-0.3, -0.25) is 4.79 Å². The van der Waals surface area contributed by atoms with Gasteiger partial charge in [0, 0.05) is 12.6 Å². The summed E-state index contributed by atoms with van der Waals surface area (Å²) in [5.41, 5.74) is 5.52. The molecule has 0 bridgehead atoms. The zero-order chi connectivity index (χ0) is 12.2. The summed E-state index contributed by atoms with van der Waals surface area (Å²) in [5, 5.41) is 0. The Morgan fingerprint density at radius 2 is 2.25 bits per heavy atom. The molecule has 0 aromatic carbocycles. The van der Waals surface area contributed by atoms with Crippen molar-refractivity contribution in [1.29, 1.82) is 0 Å². The minimum atomic E-state index is -0.393. The molecule has 4 nitrogen and oxygen atoms in total. The third kappa shape index (κ3) is 3.76. The molecule has 1 heterocycles. The number of rotatable bonds is 4. The van der Waals surface area contributed by atoms with Crippen LogP contribution in [0.5, 0.6) is 0 Å². The molecule has 0 aliphatic carbocycles. The van der Waals surface area contributed by atoms with Gasteiger partial charge in [-0.15, -0.1) is 0 Å². The Hall–Kier alpha value is -0.610. The van der Waals surface area contributed by atoms with E-state index in [1.54, 1.807) is 0 Å². The molecule has 94 valence electrons. The fourth-order valence-corrected chi connectivity index (χ4v) is 2.11. The molecule has 1 fully saturated rings. The van der Waals surface area contributed by atoms with Crippen LogP contribution in [0.15, 0.2) is 0 Å². The van der Waals surface area contributed by atoms with Crippen molar-refractivity contribution in [3.8, 4) is 0 Å². The predicted octanol–water partition coefficient (Wildman–Crippen LogP) is 0.999. The van der Waals surface area contributed by atoms with E-state index < -0.39 is 5.41 Å². The lowest BCUT2D eigenvalue weighted by atomic mass is 9.89. The fourth-order valence-electron chi connectivity index (χ4n) is 2.11. The van der Waals surface area contributed by atoms with Crippen molar-refractivity contribution in [2.45, 2.75) is 39.2 Å². The van der Waals surface area contributed by atoms with Gasteiger partial charge in [-0.1, -0.05) is 0 Å². The van der Waals surface area contributed by atoms with E-state index in [1.165, 1.54) is 13.5 Å². The van der Waals surface area contributed by atoms with Crippen LogP contribution in [0.3, 0.4) is 0 Å². The summed E-state index contributed by atoms with van der Waals surface area (Å²) >= 11 is 0. The summed E-state index contributed by atoms with van der Waals surface area (Å²) in [6.07, 6.45) is 3.11. The smallest absolute Gasteiger partial charge is 0.311 e. The number of methoxy groups -OCH3 is 1. The number of likely N-dealkylation sites (tertiary alicyclic amines) is 1. The third-order valence-electron chi connectivity index (χ3n) is 3.33. The minimum absolute atomic E-state index is 0.131. The van der Waals surface area contributed by atoms with E-state index in [-0.39, 0.29) is 5.97 Å². The van der Waals surface area contributed by atoms with Gasteiger partial charge >= 0.3 is 5.97 Å². The lowest BCUT2D eigenvalue weighted by Crippen LogP contribution is -2.44. The van der Waals surface area contributed by atoms with Gasteiger partial charge in [0.25, 0.3) is 0 Å². The largest absolute Gasteiger partial charge is 0.469 e. The van der Waals surface area contributed by atoms with Gasteiger partial charge in [-0.05, 0) is 46.2 Å². The molecular formula is C12H24N2O2. The van der Waals surface area contributed by atoms with Gasteiger partial charge in [0.15, 0.2) is 0 Å². The molecule has 0 amide bonds. The molecule has 1 aliphatic heterocycles. The Labute approximate surface area is 98.1 Å². The number of hydrogen-bond donors (Lipinski definition) is 1. The topological polar surface area (TPSA) is 55.6 Å². The summed E-state index contributed by atoms with van der Waals surface area (Å²) in [6, 6.07) is 0.301. The van der Waals surface area contributed by atoms with Crippen LogP contribution in [0.2, 0.25) is 0 Å². The summed E-state index contributed by atoms with van der Waals surface area (Å²) in [5.74, 6) is -0.131. The van der Waals surface area contributed by atoms with E-state index in [1.807, 2.05) is 13.8 Å². The number of carbonyl (C=O) groups excluding carboxylic acids is 1. The molecule has 0 aromatic heterocycles. The Morgan fingerprint density at radius 3 is 2.81 bits per heavy atom. The third-order valence-corrected chi connectivity index (χ3v) is 3.33. The first kappa shape index (κ1) is 13.5. The number of nitrogens with two attached hydrogens (primary N) is 1.